The third kappa shape index (κ3) is 2.63. The van der Waals surface area contributed by atoms with Crippen LogP contribution in [0.3, 0.4) is 0 Å². The molecule has 6 heteroatoms. The molecule has 0 fully saturated rings. The molecule has 4 heterocycles. The second kappa shape index (κ2) is 6.19. The fourth-order valence-electron chi connectivity index (χ4n) is 3.41. The maximum atomic E-state index is 5.34. The Morgan fingerprint density at radius 2 is 1.96 bits per heavy atom. The van der Waals surface area contributed by atoms with Gasteiger partial charge in [-0.05, 0) is 68.5 Å². The van der Waals surface area contributed by atoms with Crippen molar-refractivity contribution in [2.24, 2.45) is 0 Å². The van der Waals surface area contributed by atoms with Gasteiger partial charge in [-0.1, -0.05) is 11.2 Å². The van der Waals surface area contributed by atoms with Crippen LogP contribution in [0.4, 0.5) is 0 Å². The molecule has 26 heavy (non-hydrogen) atoms. The second-order valence-corrected chi connectivity index (χ2v) is 8.07. The van der Waals surface area contributed by atoms with Gasteiger partial charge in [-0.2, -0.15) is 0 Å². The number of hydrogen-bond acceptors (Lipinski definition) is 4. The smallest absolute Gasteiger partial charge is 0.141 e. The summed E-state index contributed by atoms with van der Waals surface area (Å²) in [7, 11) is 0. The maximum absolute atomic E-state index is 5.34. The van der Waals surface area contributed by atoms with Crippen LogP contribution in [-0.4, -0.2) is 19.7 Å². The fraction of sp³-hybridized carbons (Fsp3) is 0.250. The summed E-state index contributed by atoms with van der Waals surface area (Å²) in [5, 5.41) is 4.08. The molecule has 0 aliphatic heterocycles. The van der Waals surface area contributed by atoms with E-state index in [-0.39, 0.29) is 5.54 Å². The van der Waals surface area contributed by atoms with Crippen molar-refractivity contribution in [2.45, 2.75) is 33.2 Å². The second-order valence-electron chi connectivity index (χ2n) is 6.91. The number of aromatic nitrogens is 4. The van der Waals surface area contributed by atoms with Gasteiger partial charge in [-0.25, -0.2) is 0 Å². The molecule has 0 bridgehead atoms. The van der Waals surface area contributed by atoms with Crippen molar-refractivity contribution >= 4 is 33.6 Å². The van der Waals surface area contributed by atoms with E-state index in [1.807, 2.05) is 38.4 Å². The van der Waals surface area contributed by atoms with Crippen molar-refractivity contribution in [3.8, 4) is 11.1 Å². The maximum Gasteiger partial charge on any atom is 0.141 e. The van der Waals surface area contributed by atoms with E-state index >= 15 is 0 Å². The standard InChI is InChI=1S/C20H19IN4O/c1-12-18(13(2)26-24-12)14-9-16-19(23-10-14)15(21)11-25(16)20(3,4)17-7-5-6-8-22-17/h5-11H,1-4H3. The number of pyridine rings is 2. The van der Waals surface area contributed by atoms with E-state index in [2.05, 4.69) is 69.5 Å². The lowest BCUT2D eigenvalue weighted by atomic mass is 9.99. The average Bonchev–Trinajstić information content (AvgIpc) is 3.15. The molecule has 0 spiro atoms. The summed E-state index contributed by atoms with van der Waals surface area (Å²) in [6, 6.07) is 8.19. The van der Waals surface area contributed by atoms with Gasteiger partial charge >= 0.3 is 0 Å². The molecule has 4 aromatic heterocycles. The molecule has 0 saturated heterocycles. The zero-order chi connectivity index (χ0) is 18.5. The van der Waals surface area contributed by atoms with Gasteiger partial charge in [-0.15, -0.1) is 0 Å². The molecular weight excluding hydrogens is 439 g/mol. The SMILES string of the molecule is Cc1noc(C)c1-c1cnc2c(I)cn(C(C)(C)c3ccccn3)c2c1. The van der Waals surface area contributed by atoms with Gasteiger partial charge in [0, 0.05) is 29.7 Å². The van der Waals surface area contributed by atoms with Crippen molar-refractivity contribution < 1.29 is 4.52 Å². The van der Waals surface area contributed by atoms with Crippen LogP contribution >= 0.6 is 22.6 Å². The Bertz CT molecular complexity index is 1080. The number of nitrogens with zero attached hydrogens (tertiary/aromatic N) is 4. The van der Waals surface area contributed by atoms with Crippen molar-refractivity contribution in [3.63, 3.8) is 0 Å². The Morgan fingerprint density at radius 3 is 2.62 bits per heavy atom. The number of halogens is 1. The van der Waals surface area contributed by atoms with Crippen molar-refractivity contribution in [1.29, 1.82) is 0 Å². The van der Waals surface area contributed by atoms with E-state index in [9.17, 15) is 0 Å². The summed E-state index contributed by atoms with van der Waals surface area (Å²) in [5.41, 5.74) is 5.67. The molecule has 0 aliphatic rings. The normalized spacial score (nSPS) is 12.0. The van der Waals surface area contributed by atoms with E-state index in [1.54, 1.807) is 0 Å². The minimum Gasteiger partial charge on any atom is -0.361 e. The first-order valence-electron chi connectivity index (χ1n) is 8.41. The largest absolute Gasteiger partial charge is 0.361 e. The van der Waals surface area contributed by atoms with E-state index in [4.69, 9.17) is 9.51 Å². The van der Waals surface area contributed by atoms with Crippen molar-refractivity contribution in [2.75, 3.05) is 0 Å². The summed E-state index contributed by atoms with van der Waals surface area (Å²) in [6.07, 6.45) is 5.88. The van der Waals surface area contributed by atoms with Gasteiger partial charge in [-0.3, -0.25) is 9.97 Å². The van der Waals surface area contributed by atoms with Crippen LogP contribution in [0.1, 0.15) is 31.0 Å². The lowest BCUT2D eigenvalue weighted by Gasteiger charge is -2.27. The van der Waals surface area contributed by atoms with Gasteiger partial charge in [0.2, 0.25) is 0 Å². The molecule has 5 nitrogen and oxygen atoms in total. The first kappa shape index (κ1) is 17.2. The molecule has 0 saturated carbocycles. The van der Waals surface area contributed by atoms with Gasteiger partial charge in [0.05, 0.1) is 26.0 Å². The van der Waals surface area contributed by atoms with Gasteiger partial charge in [0.1, 0.15) is 11.3 Å². The predicted molar refractivity (Wildman–Crippen MR) is 110 cm³/mol. The Labute approximate surface area is 165 Å². The first-order valence-corrected chi connectivity index (χ1v) is 9.49. The van der Waals surface area contributed by atoms with Crippen LogP contribution in [0.15, 0.2) is 47.4 Å². The molecular formula is C20H19IN4O. The molecule has 0 radical (unpaired) electrons. The molecule has 0 unspecified atom stereocenters. The van der Waals surface area contributed by atoms with Crippen molar-refractivity contribution in [3.05, 3.63) is 63.6 Å². The predicted octanol–water partition coefficient (Wildman–Crippen LogP) is 5.09. The Kier molecular flexibility index (Phi) is 4.10. The monoisotopic (exact) mass is 458 g/mol. The zero-order valence-electron chi connectivity index (χ0n) is 15.1. The van der Waals surface area contributed by atoms with Crippen LogP contribution in [-0.2, 0) is 5.54 Å². The quantitative estimate of drug-likeness (QED) is 0.402. The molecule has 0 atom stereocenters. The first-order chi connectivity index (χ1) is 12.4. The van der Waals surface area contributed by atoms with Gasteiger partial charge in [0.15, 0.2) is 0 Å². The van der Waals surface area contributed by atoms with Crippen LogP contribution in [0.25, 0.3) is 22.2 Å². The highest BCUT2D eigenvalue weighted by molar-refractivity contribution is 14.1. The molecule has 4 rings (SSSR count). The highest BCUT2D eigenvalue weighted by Gasteiger charge is 2.27. The molecule has 0 aromatic carbocycles. The lowest BCUT2D eigenvalue weighted by Crippen LogP contribution is -2.28. The fourth-order valence-corrected chi connectivity index (χ4v) is 4.10. The Balaban J connectivity index is 1.95. The number of hydrogen-bond donors (Lipinski definition) is 0. The topological polar surface area (TPSA) is 56.7 Å². The van der Waals surface area contributed by atoms with Crippen LogP contribution in [0.5, 0.6) is 0 Å². The number of fused-ring (bicyclic) bond motifs is 1. The summed E-state index contributed by atoms with van der Waals surface area (Å²) in [4.78, 5) is 9.30. The minimum absolute atomic E-state index is 0.304. The summed E-state index contributed by atoms with van der Waals surface area (Å²) in [6.45, 7) is 8.23. The van der Waals surface area contributed by atoms with E-state index < -0.39 is 0 Å². The van der Waals surface area contributed by atoms with Crippen LogP contribution in [0.2, 0.25) is 0 Å². The zero-order valence-corrected chi connectivity index (χ0v) is 17.3. The van der Waals surface area contributed by atoms with E-state index in [1.165, 1.54) is 0 Å². The molecule has 0 amide bonds. The molecule has 4 aromatic rings. The van der Waals surface area contributed by atoms with E-state index in [0.29, 0.717) is 0 Å². The molecule has 0 aliphatic carbocycles. The Hall–Kier alpha value is -2.22. The third-order valence-corrected chi connectivity index (χ3v) is 5.60. The summed E-state index contributed by atoms with van der Waals surface area (Å²) < 4.78 is 8.71. The van der Waals surface area contributed by atoms with Crippen molar-refractivity contribution in [1.82, 2.24) is 19.7 Å². The molecule has 132 valence electrons. The van der Waals surface area contributed by atoms with Crippen LogP contribution < -0.4 is 0 Å². The third-order valence-electron chi connectivity index (χ3n) is 4.81. The minimum atomic E-state index is -0.304. The van der Waals surface area contributed by atoms with E-state index in [0.717, 1.165) is 42.9 Å². The van der Waals surface area contributed by atoms with Gasteiger partial charge < -0.3 is 9.09 Å². The average molecular weight is 458 g/mol. The lowest BCUT2D eigenvalue weighted by molar-refractivity contribution is 0.393. The number of aryl methyl sites for hydroxylation is 2. The summed E-state index contributed by atoms with van der Waals surface area (Å²) >= 11 is 2.34. The highest BCUT2D eigenvalue weighted by Crippen LogP contribution is 2.34. The molecule has 0 N–H and O–H groups in total. The summed E-state index contributed by atoms with van der Waals surface area (Å²) in [5.74, 6) is 0.806. The number of rotatable bonds is 3. The Morgan fingerprint density at radius 1 is 1.15 bits per heavy atom. The van der Waals surface area contributed by atoms with Gasteiger partial charge in [0.25, 0.3) is 0 Å². The van der Waals surface area contributed by atoms with Crippen LogP contribution in [0, 0.1) is 17.4 Å². The highest BCUT2D eigenvalue weighted by atomic mass is 127.